The molecule has 3 N–H and O–H groups in total. The molecule has 0 radical (unpaired) electrons. The molecule has 1 fully saturated rings. The normalized spacial score (nSPS) is 18.7. The lowest BCUT2D eigenvalue weighted by atomic mass is 9.82. The van der Waals surface area contributed by atoms with Gasteiger partial charge in [0.2, 0.25) is 5.91 Å². The van der Waals surface area contributed by atoms with Crippen molar-refractivity contribution in [2.45, 2.75) is 43.3 Å². The number of nitrogens with one attached hydrogen (secondary N) is 1. The highest BCUT2D eigenvalue weighted by molar-refractivity contribution is 6.00. The van der Waals surface area contributed by atoms with Crippen LogP contribution in [0.1, 0.15) is 53.3 Å². The van der Waals surface area contributed by atoms with Crippen molar-refractivity contribution in [2.24, 2.45) is 5.73 Å². The maximum Gasteiger partial charge on any atom is 0.398 e. The molecule has 2 amide bonds. The van der Waals surface area contributed by atoms with Crippen LogP contribution in [0.4, 0.5) is 17.6 Å². The third-order valence-corrected chi connectivity index (χ3v) is 8.03. The summed E-state index contributed by atoms with van der Waals surface area (Å²) >= 11 is 0. The zero-order valence-corrected chi connectivity index (χ0v) is 23.2. The number of alkyl halides is 3. The zero-order chi connectivity index (χ0) is 30.7. The summed E-state index contributed by atoms with van der Waals surface area (Å²) in [5, 5.41) is 7.47. The smallest absolute Gasteiger partial charge is 0.398 e. The van der Waals surface area contributed by atoms with Crippen LogP contribution < -0.4 is 20.5 Å². The van der Waals surface area contributed by atoms with E-state index in [0.717, 1.165) is 31.0 Å². The van der Waals surface area contributed by atoms with Crippen LogP contribution in [0.25, 0.3) is 22.2 Å². The minimum atomic E-state index is -4.84. The van der Waals surface area contributed by atoms with Crippen molar-refractivity contribution in [3.63, 3.8) is 0 Å². The molecule has 4 aromatic rings. The van der Waals surface area contributed by atoms with Gasteiger partial charge in [0.1, 0.15) is 40.9 Å². The van der Waals surface area contributed by atoms with Crippen LogP contribution in [0.2, 0.25) is 0 Å². The van der Waals surface area contributed by atoms with E-state index in [2.05, 4.69) is 15.4 Å². The second-order valence-electron chi connectivity index (χ2n) is 11.0. The molecule has 0 spiro atoms. The average molecular weight is 598 g/mol. The number of nitrogens with two attached hydrogens (primary N) is 1. The van der Waals surface area contributed by atoms with Gasteiger partial charge in [-0.2, -0.15) is 18.3 Å². The van der Waals surface area contributed by atoms with E-state index in [1.54, 1.807) is 16.9 Å². The van der Waals surface area contributed by atoms with Crippen LogP contribution in [0.3, 0.4) is 0 Å². The molecule has 2 aliphatic rings. The molecule has 2 aromatic heterocycles. The molecule has 0 unspecified atom stereocenters. The van der Waals surface area contributed by atoms with E-state index in [4.69, 9.17) is 15.2 Å². The summed E-state index contributed by atoms with van der Waals surface area (Å²) in [5.41, 5.74) is 4.92. The molecule has 0 bridgehead atoms. The number of hydrogen-bond acceptors (Lipinski definition) is 6. The standard InChI is InChI=1S/C30H27F4N5O4/c1-29(28(35)41)14-43-26-20(29)11-22(38-25(26)15-3-5-17(31)6-4-15)21(30(32,33)34)13-36-27(40)16-9-23-19(24(10-16)42-2)12-37-39(23)18-7-8-18/h3-6,9-12,18,21H,7-8,13-14H2,1-2H3,(H2,35,41)(H,36,40)/t21-,29+/m1/s1. The highest BCUT2D eigenvalue weighted by Crippen LogP contribution is 2.46. The number of aromatic nitrogens is 3. The lowest BCUT2D eigenvalue weighted by Gasteiger charge is -2.24. The van der Waals surface area contributed by atoms with Gasteiger partial charge in [-0.3, -0.25) is 14.3 Å². The predicted molar refractivity (Wildman–Crippen MR) is 147 cm³/mol. The number of amides is 2. The number of hydrogen-bond donors (Lipinski definition) is 2. The molecule has 9 nitrogen and oxygen atoms in total. The first kappa shape index (κ1) is 28.4. The molecular weight excluding hydrogens is 570 g/mol. The van der Waals surface area contributed by atoms with Crippen LogP contribution in [0, 0.1) is 5.82 Å². The molecule has 224 valence electrons. The van der Waals surface area contributed by atoms with Gasteiger partial charge in [0, 0.05) is 23.2 Å². The van der Waals surface area contributed by atoms with E-state index in [1.807, 2.05) is 0 Å². The van der Waals surface area contributed by atoms with Crippen molar-refractivity contribution < 1.29 is 36.6 Å². The summed E-state index contributed by atoms with van der Waals surface area (Å²) in [6.45, 7) is 0.416. The molecule has 1 saturated carbocycles. The molecule has 6 rings (SSSR count). The minimum Gasteiger partial charge on any atom is -0.496 e. The van der Waals surface area contributed by atoms with E-state index >= 15 is 0 Å². The number of ether oxygens (including phenoxy) is 2. The number of pyridine rings is 1. The Kier molecular flexibility index (Phi) is 6.78. The highest BCUT2D eigenvalue weighted by Gasteiger charge is 2.47. The van der Waals surface area contributed by atoms with Gasteiger partial charge in [0.05, 0.1) is 35.9 Å². The van der Waals surface area contributed by atoms with E-state index in [1.165, 1.54) is 32.2 Å². The predicted octanol–water partition coefficient (Wildman–Crippen LogP) is 4.79. The minimum absolute atomic E-state index is 0.00146. The number of rotatable bonds is 8. The number of carbonyl (C=O) groups excluding carboxylic acids is 2. The number of methoxy groups -OCH3 is 1. The molecule has 43 heavy (non-hydrogen) atoms. The monoisotopic (exact) mass is 597 g/mol. The summed E-state index contributed by atoms with van der Waals surface area (Å²) in [6, 6.07) is 9.36. The second-order valence-corrected chi connectivity index (χ2v) is 11.0. The van der Waals surface area contributed by atoms with Crippen molar-refractivity contribution in [3.05, 3.63) is 71.3 Å². The molecule has 1 aliphatic heterocycles. The number of primary amides is 1. The van der Waals surface area contributed by atoms with Gasteiger partial charge in [-0.1, -0.05) is 0 Å². The summed E-state index contributed by atoms with van der Waals surface area (Å²) in [7, 11) is 1.44. The van der Waals surface area contributed by atoms with Gasteiger partial charge in [-0.05, 0) is 62.2 Å². The van der Waals surface area contributed by atoms with Gasteiger partial charge in [0.15, 0.2) is 0 Å². The van der Waals surface area contributed by atoms with E-state index in [9.17, 15) is 27.2 Å². The Morgan fingerprint density at radius 2 is 1.93 bits per heavy atom. The third kappa shape index (κ3) is 5.02. The van der Waals surface area contributed by atoms with Crippen molar-refractivity contribution >= 4 is 22.7 Å². The second kappa shape index (κ2) is 10.2. The first-order valence-electron chi connectivity index (χ1n) is 13.5. The molecule has 2 aromatic carbocycles. The summed E-state index contributed by atoms with van der Waals surface area (Å²) in [5.74, 6) is -3.89. The molecule has 0 saturated heterocycles. The van der Waals surface area contributed by atoms with E-state index in [0.29, 0.717) is 16.7 Å². The van der Waals surface area contributed by atoms with E-state index in [-0.39, 0.29) is 40.8 Å². The number of carbonyl (C=O) groups is 2. The quantitative estimate of drug-likeness (QED) is 0.282. The Morgan fingerprint density at radius 3 is 2.56 bits per heavy atom. The maximum atomic E-state index is 14.6. The SMILES string of the molecule is COc1cc(C(=O)NC[C@H](c2cc3c(c(-c4ccc(F)cc4)n2)OC[C@]3(C)C(N)=O)C(F)(F)F)cc2c1cnn2C1CC1. The van der Waals surface area contributed by atoms with Crippen LogP contribution >= 0.6 is 0 Å². The topological polar surface area (TPSA) is 121 Å². The number of halogens is 4. The van der Waals surface area contributed by atoms with Gasteiger partial charge in [-0.15, -0.1) is 0 Å². The highest BCUT2D eigenvalue weighted by atomic mass is 19.4. The largest absolute Gasteiger partial charge is 0.496 e. The lowest BCUT2D eigenvalue weighted by molar-refractivity contribution is -0.149. The molecule has 13 heteroatoms. The van der Waals surface area contributed by atoms with Crippen molar-refractivity contribution in [2.75, 3.05) is 20.3 Å². The van der Waals surface area contributed by atoms with Crippen molar-refractivity contribution in [1.82, 2.24) is 20.1 Å². The fraction of sp³-hybridized carbons (Fsp3) is 0.333. The van der Waals surface area contributed by atoms with E-state index < -0.39 is 47.4 Å². The van der Waals surface area contributed by atoms with Gasteiger partial charge in [-0.25, -0.2) is 9.37 Å². The number of fused-ring (bicyclic) bond motifs is 2. The lowest BCUT2D eigenvalue weighted by Crippen LogP contribution is -2.40. The van der Waals surface area contributed by atoms with Crippen LogP contribution in [-0.4, -0.2) is 53.0 Å². The van der Waals surface area contributed by atoms with Crippen molar-refractivity contribution in [1.29, 1.82) is 0 Å². The Hall–Kier alpha value is -4.68. The fourth-order valence-electron chi connectivity index (χ4n) is 5.30. The fourth-order valence-corrected chi connectivity index (χ4v) is 5.30. The Labute approximate surface area is 243 Å². The van der Waals surface area contributed by atoms with Crippen molar-refractivity contribution in [3.8, 4) is 22.8 Å². The maximum absolute atomic E-state index is 14.6. The van der Waals surface area contributed by atoms with Gasteiger partial charge < -0.3 is 20.5 Å². The first-order chi connectivity index (χ1) is 20.4. The Morgan fingerprint density at radius 1 is 1.21 bits per heavy atom. The molecule has 3 heterocycles. The average Bonchev–Trinajstić information content (AvgIpc) is 3.63. The van der Waals surface area contributed by atoms with Gasteiger partial charge in [0.25, 0.3) is 5.91 Å². The van der Waals surface area contributed by atoms with Crippen LogP contribution in [0.5, 0.6) is 11.5 Å². The van der Waals surface area contributed by atoms with Gasteiger partial charge >= 0.3 is 6.18 Å². The summed E-state index contributed by atoms with van der Waals surface area (Å²) in [6.07, 6.45) is -1.33. The zero-order valence-electron chi connectivity index (χ0n) is 23.2. The number of benzene rings is 2. The summed E-state index contributed by atoms with van der Waals surface area (Å²) in [4.78, 5) is 29.9. The first-order valence-corrected chi connectivity index (χ1v) is 13.5. The molecule has 1 aliphatic carbocycles. The summed E-state index contributed by atoms with van der Waals surface area (Å²) < 4.78 is 70.4. The third-order valence-electron chi connectivity index (χ3n) is 8.03. The molecule has 2 atom stereocenters. The van der Waals surface area contributed by atoms with Crippen LogP contribution in [-0.2, 0) is 10.2 Å². The van der Waals surface area contributed by atoms with Crippen LogP contribution in [0.15, 0.2) is 48.7 Å². The Balaban J connectivity index is 1.37. The molecular formula is C30H27F4N5O4. The Bertz CT molecular complexity index is 1750. The number of nitrogens with zero attached hydrogens (tertiary/aromatic N) is 3.